The maximum absolute atomic E-state index is 13.5. The van der Waals surface area contributed by atoms with Crippen LogP contribution in [-0.4, -0.2) is 27.6 Å². The maximum Gasteiger partial charge on any atom is 0.157 e. The number of rotatable bonds is 4. The molecule has 1 N–H and O–H groups in total. The lowest BCUT2D eigenvalue weighted by Gasteiger charge is -2.23. The lowest BCUT2D eigenvalue weighted by atomic mass is 9.94. The molecule has 0 unspecified atom stereocenters. The predicted molar refractivity (Wildman–Crippen MR) is 116 cm³/mol. The van der Waals surface area contributed by atoms with E-state index in [0.717, 1.165) is 53.9 Å². The van der Waals surface area contributed by atoms with Crippen LogP contribution in [0.1, 0.15) is 19.3 Å². The number of fused-ring (bicyclic) bond motifs is 3. The molecule has 1 aliphatic heterocycles. The van der Waals surface area contributed by atoms with Gasteiger partial charge >= 0.3 is 0 Å². The number of aryl methyl sites for hydroxylation is 1. The molecule has 0 radical (unpaired) electrons. The van der Waals surface area contributed by atoms with E-state index < -0.39 is 0 Å². The Bertz CT molecular complexity index is 1160. The summed E-state index contributed by atoms with van der Waals surface area (Å²) in [6.07, 6.45) is 3.47. The first kappa shape index (κ1) is 18.5. The quantitative estimate of drug-likeness (QED) is 0.457. The second kappa shape index (κ2) is 7.73. The second-order valence-electron chi connectivity index (χ2n) is 7.69. The van der Waals surface area contributed by atoms with E-state index in [0.29, 0.717) is 16.6 Å². The SMILES string of the molecule is Fc1ccc(-c2nc3c(Cl)nc4ccccc4c3n2CCC2CCNCC2)cc1. The number of imidazole rings is 1. The van der Waals surface area contributed by atoms with Crippen LogP contribution in [0.5, 0.6) is 0 Å². The van der Waals surface area contributed by atoms with Crippen LogP contribution in [0.3, 0.4) is 0 Å². The van der Waals surface area contributed by atoms with Gasteiger partial charge in [0.1, 0.15) is 17.2 Å². The van der Waals surface area contributed by atoms with E-state index >= 15 is 0 Å². The number of halogens is 2. The first-order valence-electron chi connectivity index (χ1n) is 10.1. The molecule has 0 saturated carbocycles. The van der Waals surface area contributed by atoms with Crippen LogP contribution in [0.2, 0.25) is 5.15 Å². The van der Waals surface area contributed by atoms with Gasteiger partial charge in [-0.15, -0.1) is 0 Å². The van der Waals surface area contributed by atoms with Crippen LogP contribution in [0.25, 0.3) is 33.3 Å². The van der Waals surface area contributed by atoms with Crippen molar-refractivity contribution < 1.29 is 4.39 Å². The highest BCUT2D eigenvalue weighted by atomic mass is 35.5. The minimum absolute atomic E-state index is 0.253. The molecular formula is C23H22ClFN4. The van der Waals surface area contributed by atoms with E-state index in [1.165, 1.54) is 25.0 Å². The van der Waals surface area contributed by atoms with Crippen LogP contribution < -0.4 is 5.32 Å². The van der Waals surface area contributed by atoms with Crippen molar-refractivity contribution >= 4 is 33.5 Å². The fraction of sp³-hybridized carbons (Fsp3) is 0.304. The molecule has 4 aromatic rings. The van der Waals surface area contributed by atoms with E-state index in [2.05, 4.69) is 20.9 Å². The highest BCUT2D eigenvalue weighted by molar-refractivity contribution is 6.35. The smallest absolute Gasteiger partial charge is 0.157 e. The Morgan fingerprint density at radius 3 is 2.59 bits per heavy atom. The van der Waals surface area contributed by atoms with E-state index in [1.54, 1.807) is 12.1 Å². The van der Waals surface area contributed by atoms with Crippen LogP contribution in [-0.2, 0) is 6.54 Å². The van der Waals surface area contributed by atoms with Crippen molar-refractivity contribution in [2.24, 2.45) is 5.92 Å². The normalized spacial score (nSPS) is 15.4. The molecule has 3 heterocycles. The van der Waals surface area contributed by atoms with Gasteiger partial charge in [-0.1, -0.05) is 29.8 Å². The molecule has 29 heavy (non-hydrogen) atoms. The monoisotopic (exact) mass is 408 g/mol. The average molecular weight is 409 g/mol. The summed E-state index contributed by atoms with van der Waals surface area (Å²) < 4.78 is 15.8. The Morgan fingerprint density at radius 2 is 1.79 bits per heavy atom. The van der Waals surface area contributed by atoms with Crippen molar-refractivity contribution in [3.05, 3.63) is 59.5 Å². The number of aromatic nitrogens is 3. The molecule has 0 spiro atoms. The highest BCUT2D eigenvalue weighted by Gasteiger charge is 2.20. The highest BCUT2D eigenvalue weighted by Crippen LogP contribution is 2.34. The number of hydrogen-bond acceptors (Lipinski definition) is 3. The summed E-state index contributed by atoms with van der Waals surface area (Å²) in [6.45, 7) is 3.01. The van der Waals surface area contributed by atoms with Crippen molar-refractivity contribution in [1.29, 1.82) is 0 Å². The van der Waals surface area contributed by atoms with Gasteiger partial charge < -0.3 is 9.88 Å². The molecule has 0 bridgehead atoms. The summed E-state index contributed by atoms with van der Waals surface area (Å²) in [5.41, 5.74) is 3.45. The van der Waals surface area contributed by atoms with Gasteiger partial charge in [0.25, 0.3) is 0 Å². The molecule has 148 valence electrons. The largest absolute Gasteiger partial charge is 0.323 e. The molecule has 4 nitrogen and oxygen atoms in total. The third kappa shape index (κ3) is 3.49. The molecular weight excluding hydrogens is 387 g/mol. The van der Waals surface area contributed by atoms with Crippen molar-refractivity contribution in [2.75, 3.05) is 13.1 Å². The standard InChI is InChI=1S/C23H22ClFN4/c24-22-20-21(18-3-1-2-4-19(18)27-22)29(14-11-15-9-12-26-13-10-15)23(28-20)16-5-7-17(25)8-6-16/h1-8,15,26H,9-14H2. The lowest BCUT2D eigenvalue weighted by molar-refractivity contribution is 0.340. The maximum atomic E-state index is 13.5. The summed E-state index contributed by atoms with van der Waals surface area (Å²) >= 11 is 6.53. The van der Waals surface area contributed by atoms with E-state index in [-0.39, 0.29) is 5.82 Å². The van der Waals surface area contributed by atoms with Gasteiger partial charge in [0.15, 0.2) is 5.15 Å². The molecule has 1 fully saturated rings. The third-order valence-corrected chi connectivity index (χ3v) is 6.13. The van der Waals surface area contributed by atoms with Gasteiger partial charge in [0.2, 0.25) is 0 Å². The fourth-order valence-electron chi connectivity index (χ4n) is 4.32. The fourth-order valence-corrected chi connectivity index (χ4v) is 4.54. The number of nitrogens with zero attached hydrogens (tertiary/aromatic N) is 3. The zero-order valence-electron chi connectivity index (χ0n) is 16.0. The lowest BCUT2D eigenvalue weighted by Crippen LogP contribution is -2.28. The molecule has 1 aliphatic rings. The molecule has 0 amide bonds. The molecule has 0 aliphatic carbocycles. The summed E-state index contributed by atoms with van der Waals surface area (Å²) in [7, 11) is 0. The van der Waals surface area contributed by atoms with Gasteiger partial charge in [0.05, 0.1) is 11.0 Å². The Hall–Kier alpha value is -2.50. The van der Waals surface area contributed by atoms with E-state index in [4.69, 9.17) is 16.6 Å². The number of pyridine rings is 1. The summed E-state index contributed by atoms with van der Waals surface area (Å²) in [5, 5.41) is 4.88. The van der Waals surface area contributed by atoms with E-state index in [9.17, 15) is 4.39 Å². The second-order valence-corrected chi connectivity index (χ2v) is 8.05. The van der Waals surface area contributed by atoms with Gasteiger partial charge in [-0.3, -0.25) is 0 Å². The minimum Gasteiger partial charge on any atom is -0.323 e. The summed E-state index contributed by atoms with van der Waals surface area (Å²) in [5.74, 6) is 1.25. The molecule has 2 aromatic heterocycles. The van der Waals surface area contributed by atoms with Gasteiger partial charge in [0, 0.05) is 17.5 Å². The zero-order valence-corrected chi connectivity index (χ0v) is 16.8. The number of nitrogens with one attached hydrogen (secondary N) is 1. The third-order valence-electron chi connectivity index (χ3n) is 5.86. The van der Waals surface area contributed by atoms with Gasteiger partial charge in [-0.2, -0.15) is 0 Å². The molecule has 2 aromatic carbocycles. The minimum atomic E-state index is -0.253. The average Bonchev–Trinajstić information content (AvgIpc) is 3.14. The molecule has 0 atom stereocenters. The topological polar surface area (TPSA) is 42.7 Å². The van der Waals surface area contributed by atoms with Crippen molar-refractivity contribution in [3.63, 3.8) is 0 Å². The van der Waals surface area contributed by atoms with Crippen molar-refractivity contribution in [3.8, 4) is 11.4 Å². The number of piperidine rings is 1. The molecule has 5 rings (SSSR count). The van der Waals surface area contributed by atoms with Crippen LogP contribution in [0.4, 0.5) is 4.39 Å². The number of benzene rings is 2. The van der Waals surface area contributed by atoms with Gasteiger partial charge in [-0.05, 0) is 68.6 Å². The number of hydrogen-bond donors (Lipinski definition) is 1. The van der Waals surface area contributed by atoms with Crippen LogP contribution in [0, 0.1) is 11.7 Å². The molecule has 1 saturated heterocycles. The van der Waals surface area contributed by atoms with Crippen molar-refractivity contribution in [2.45, 2.75) is 25.8 Å². The van der Waals surface area contributed by atoms with Crippen LogP contribution in [0.15, 0.2) is 48.5 Å². The summed E-state index contributed by atoms with van der Waals surface area (Å²) in [6, 6.07) is 14.5. The first-order valence-corrected chi connectivity index (χ1v) is 10.5. The number of para-hydroxylation sites is 1. The Morgan fingerprint density at radius 1 is 1.03 bits per heavy atom. The van der Waals surface area contributed by atoms with Crippen molar-refractivity contribution in [1.82, 2.24) is 19.9 Å². The molecule has 6 heteroatoms. The Balaban J connectivity index is 1.68. The summed E-state index contributed by atoms with van der Waals surface area (Å²) in [4.78, 5) is 9.40. The predicted octanol–water partition coefficient (Wildman–Crippen LogP) is 5.43. The first-order chi connectivity index (χ1) is 14.2. The zero-order chi connectivity index (χ0) is 19.8. The Kier molecular flexibility index (Phi) is 4.94. The van der Waals surface area contributed by atoms with Crippen LogP contribution >= 0.6 is 11.6 Å². The Labute approximate surface area is 173 Å². The van der Waals surface area contributed by atoms with E-state index in [1.807, 2.05) is 18.2 Å². The van der Waals surface area contributed by atoms with Gasteiger partial charge in [-0.25, -0.2) is 14.4 Å².